The van der Waals surface area contributed by atoms with Crippen molar-refractivity contribution >= 4 is 11.2 Å². The molecule has 1 unspecified atom stereocenters. The highest BCUT2D eigenvalue weighted by Crippen LogP contribution is 2.34. The average molecular weight is 250 g/mol. The molecule has 0 saturated carbocycles. The summed E-state index contributed by atoms with van der Waals surface area (Å²) < 4.78 is 7.36. The maximum absolute atomic E-state index is 10.2. The molecule has 7 heteroatoms. The van der Waals surface area contributed by atoms with Crippen LogP contribution < -0.4 is 0 Å². The number of imidazole rings is 1. The lowest BCUT2D eigenvalue weighted by molar-refractivity contribution is -0.00142. The second kappa shape index (κ2) is 4.27. The zero-order valence-corrected chi connectivity index (χ0v) is 9.73. The van der Waals surface area contributed by atoms with Crippen molar-refractivity contribution in [2.45, 2.75) is 24.7 Å². The Morgan fingerprint density at radius 2 is 2.39 bits per heavy atom. The Bertz CT molecular complexity index is 558. The minimum atomic E-state index is -0.969. The lowest BCUT2D eigenvalue weighted by atomic mass is 9.99. The number of aromatic nitrogens is 4. The van der Waals surface area contributed by atoms with Gasteiger partial charge in [-0.2, -0.15) is 0 Å². The molecule has 2 atom stereocenters. The van der Waals surface area contributed by atoms with Crippen LogP contribution in [0, 0.1) is 0 Å². The summed E-state index contributed by atoms with van der Waals surface area (Å²) >= 11 is 0. The smallest absolute Gasteiger partial charge is 0.165 e. The second-order valence-corrected chi connectivity index (χ2v) is 4.55. The van der Waals surface area contributed by atoms with Crippen LogP contribution in [0.1, 0.15) is 19.1 Å². The first-order valence-electron chi connectivity index (χ1n) is 5.79. The minimum absolute atomic E-state index is 0.0561. The molecule has 2 N–H and O–H groups in total. The maximum Gasteiger partial charge on any atom is 0.165 e. The molecule has 0 aliphatic carbocycles. The second-order valence-electron chi connectivity index (χ2n) is 4.55. The van der Waals surface area contributed by atoms with Gasteiger partial charge in [-0.1, -0.05) is 0 Å². The largest absolute Gasteiger partial charge is 0.396 e. The van der Waals surface area contributed by atoms with E-state index in [4.69, 9.17) is 9.84 Å². The van der Waals surface area contributed by atoms with Crippen LogP contribution in [0.3, 0.4) is 0 Å². The summed E-state index contributed by atoms with van der Waals surface area (Å²) in [6.45, 7) is 0.155. The molecule has 1 aliphatic rings. The molecule has 1 saturated heterocycles. The zero-order chi connectivity index (χ0) is 12.6. The predicted octanol–water partition coefficient (Wildman–Crippen LogP) is -0.141. The molecule has 7 nitrogen and oxygen atoms in total. The van der Waals surface area contributed by atoms with Crippen LogP contribution in [-0.4, -0.2) is 48.5 Å². The van der Waals surface area contributed by atoms with Gasteiger partial charge in [0.2, 0.25) is 0 Å². The Hall–Kier alpha value is -1.57. The van der Waals surface area contributed by atoms with E-state index in [1.165, 1.54) is 6.33 Å². The molecule has 1 fully saturated rings. The quantitative estimate of drug-likeness (QED) is 0.787. The third-order valence-electron chi connectivity index (χ3n) is 3.22. The summed E-state index contributed by atoms with van der Waals surface area (Å²) in [7, 11) is 0. The van der Waals surface area contributed by atoms with E-state index in [1.54, 1.807) is 17.1 Å². The molecular formula is C11H14N4O3. The fraction of sp³-hybridized carbons (Fsp3) is 0.545. The highest BCUT2D eigenvalue weighted by molar-refractivity contribution is 5.68. The number of nitrogens with zero attached hydrogens (tertiary/aromatic N) is 4. The van der Waals surface area contributed by atoms with Gasteiger partial charge in [0.05, 0.1) is 24.7 Å². The molecule has 96 valence electrons. The number of rotatable bonds is 3. The van der Waals surface area contributed by atoms with Crippen molar-refractivity contribution in [1.29, 1.82) is 0 Å². The summed E-state index contributed by atoms with van der Waals surface area (Å²) in [6.07, 6.45) is 5.15. The summed E-state index contributed by atoms with van der Waals surface area (Å²) in [4.78, 5) is 12.2. The van der Waals surface area contributed by atoms with Crippen molar-refractivity contribution < 1.29 is 14.9 Å². The fourth-order valence-corrected chi connectivity index (χ4v) is 2.25. The van der Waals surface area contributed by atoms with Crippen LogP contribution in [0.25, 0.3) is 11.2 Å². The summed E-state index contributed by atoms with van der Waals surface area (Å²) in [5.41, 5.74) is 0.408. The highest BCUT2D eigenvalue weighted by Gasteiger charge is 2.39. The van der Waals surface area contributed by atoms with Gasteiger partial charge in [0, 0.05) is 19.4 Å². The van der Waals surface area contributed by atoms with Gasteiger partial charge in [-0.3, -0.25) is 4.57 Å². The SMILES string of the molecule is OCCC1(O)CO[C@@H](n2cnc3cncnc32)C1. The third kappa shape index (κ3) is 1.86. The highest BCUT2D eigenvalue weighted by atomic mass is 16.5. The van der Waals surface area contributed by atoms with Gasteiger partial charge in [-0.05, 0) is 0 Å². The van der Waals surface area contributed by atoms with Crippen molar-refractivity contribution in [1.82, 2.24) is 19.5 Å². The van der Waals surface area contributed by atoms with E-state index in [2.05, 4.69) is 15.0 Å². The van der Waals surface area contributed by atoms with Crippen LogP contribution in [0.15, 0.2) is 18.9 Å². The van der Waals surface area contributed by atoms with Crippen molar-refractivity contribution in [3.05, 3.63) is 18.9 Å². The molecule has 1 aliphatic heterocycles. The normalized spacial score (nSPS) is 28.0. The monoisotopic (exact) mass is 250 g/mol. The van der Waals surface area contributed by atoms with Gasteiger partial charge in [0.15, 0.2) is 5.65 Å². The van der Waals surface area contributed by atoms with Crippen LogP contribution in [-0.2, 0) is 4.74 Å². The number of ether oxygens (including phenoxy) is 1. The van der Waals surface area contributed by atoms with Gasteiger partial charge in [0.1, 0.15) is 18.1 Å². The van der Waals surface area contributed by atoms with E-state index in [9.17, 15) is 5.11 Å². The van der Waals surface area contributed by atoms with Crippen molar-refractivity contribution in [3.63, 3.8) is 0 Å². The van der Waals surface area contributed by atoms with Crippen LogP contribution >= 0.6 is 0 Å². The van der Waals surface area contributed by atoms with Gasteiger partial charge in [-0.15, -0.1) is 0 Å². The molecule has 0 bridgehead atoms. The summed E-state index contributed by atoms with van der Waals surface area (Å²) in [6, 6.07) is 0. The van der Waals surface area contributed by atoms with E-state index in [0.29, 0.717) is 24.0 Å². The van der Waals surface area contributed by atoms with Crippen molar-refractivity contribution in [2.75, 3.05) is 13.2 Å². The Balaban J connectivity index is 1.88. The van der Waals surface area contributed by atoms with Crippen molar-refractivity contribution in [3.8, 4) is 0 Å². The molecule has 0 radical (unpaired) electrons. The Labute approximate surface area is 103 Å². The Kier molecular flexibility index (Phi) is 2.73. The molecule has 0 aromatic carbocycles. The van der Waals surface area contributed by atoms with Gasteiger partial charge in [-0.25, -0.2) is 15.0 Å². The van der Waals surface area contributed by atoms with E-state index in [1.807, 2.05) is 0 Å². The predicted molar refractivity (Wildman–Crippen MR) is 61.6 cm³/mol. The first kappa shape index (κ1) is 11.5. The molecular weight excluding hydrogens is 236 g/mol. The molecule has 0 amide bonds. The van der Waals surface area contributed by atoms with Crippen LogP contribution in [0.2, 0.25) is 0 Å². The van der Waals surface area contributed by atoms with Crippen molar-refractivity contribution in [2.24, 2.45) is 0 Å². The van der Waals surface area contributed by atoms with E-state index < -0.39 is 5.60 Å². The fourth-order valence-electron chi connectivity index (χ4n) is 2.25. The molecule has 18 heavy (non-hydrogen) atoms. The maximum atomic E-state index is 10.2. The third-order valence-corrected chi connectivity index (χ3v) is 3.22. The summed E-state index contributed by atoms with van der Waals surface area (Å²) in [5, 5.41) is 19.1. The molecule has 2 aromatic heterocycles. The van der Waals surface area contributed by atoms with Gasteiger partial charge >= 0.3 is 0 Å². The lowest BCUT2D eigenvalue weighted by Gasteiger charge is -2.18. The van der Waals surface area contributed by atoms with Crippen LogP contribution in [0.4, 0.5) is 0 Å². The molecule has 2 aromatic rings. The van der Waals surface area contributed by atoms with E-state index >= 15 is 0 Å². The topological polar surface area (TPSA) is 93.3 Å². The average Bonchev–Trinajstić information content (AvgIpc) is 2.93. The number of aliphatic hydroxyl groups is 2. The number of aliphatic hydroxyl groups excluding tert-OH is 1. The van der Waals surface area contributed by atoms with Gasteiger partial charge in [0.25, 0.3) is 0 Å². The first-order valence-corrected chi connectivity index (χ1v) is 5.79. The number of hydrogen-bond donors (Lipinski definition) is 2. The zero-order valence-electron chi connectivity index (χ0n) is 9.73. The lowest BCUT2D eigenvalue weighted by Crippen LogP contribution is -2.30. The van der Waals surface area contributed by atoms with Gasteiger partial charge < -0.3 is 14.9 Å². The van der Waals surface area contributed by atoms with E-state index in [0.717, 1.165) is 0 Å². The van der Waals surface area contributed by atoms with Crippen LogP contribution in [0.5, 0.6) is 0 Å². The molecule has 3 rings (SSSR count). The number of hydrogen-bond acceptors (Lipinski definition) is 6. The minimum Gasteiger partial charge on any atom is -0.396 e. The Morgan fingerprint density at radius 1 is 1.50 bits per heavy atom. The number of fused-ring (bicyclic) bond motifs is 1. The Morgan fingerprint density at radius 3 is 3.22 bits per heavy atom. The molecule has 3 heterocycles. The summed E-state index contributed by atoms with van der Waals surface area (Å²) in [5.74, 6) is 0. The standard InChI is InChI=1S/C11H14N4O3/c16-2-1-11(17)3-9(18-5-11)15-7-14-8-4-12-6-13-10(8)15/h4,6-7,9,16-17H,1-3,5H2/t9-,11?/m1/s1. The molecule has 0 spiro atoms. The van der Waals surface area contributed by atoms with E-state index in [-0.39, 0.29) is 19.4 Å². The first-order chi connectivity index (χ1) is 8.72.